The van der Waals surface area contributed by atoms with Crippen LogP contribution in [-0.2, 0) is 11.8 Å². The van der Waals surface area contributed by atoms with Gasteiger partial charge in [-0.2, -0.15) is 0 Å². The molecule has 0 saturated heterocycles. The molecule has 0 amide bonds. The summed E-state index contributed by atoms with van der Waals surface area (Å²) in [5, 5.41) is 0. The third-order valence-corrected chi connectivity index (χ3v) is 4.65. The molecule has 2 nitrogen and oxygen atoms in total. The quantitative estimate of drug-likeness (QED) is 0.777. The van der Waals surface area contributed by atoms with E-state index in [4.69, 9.17) is 4.74 Å². The first kappa shape index (κ1) is 15.8. The third kappa shape index (κ3) is 2.56. The number of ether oxygens (including phenoxy) is 1. The minimum absolute atomic E-state index is 0.0485. The summed E-state index contributed by atoms with van der Waals surface area (Å²) in [6.45, 7) is 8.61. The second kappa shape index (κ2) is 5.52. The molecule has 0 spiro atoms. The number of Topliss-reactive ketones (excluding diaryl/α,β-unsaturated/α-hetero) is 1. The highest BCUT2D eigenvalue weighted by Crippen LogP contribution is 2.46. The maximum absolute atomic E-state index is 12.6. The van der Waals surface area contributed by atoms with Gasteiger partial charge in [0.1, 0.15) is 5.75 Å². The van der Waals surface area contributed by atoms with E-state index < -0.39 is 0 Å². The molecule has 2 heteroatoms. The fourth-order valence-electron chi connectivity index (χ4n) is 3.62. The first-order valence-electron chi connectivity index (χ1n) is 8.18. The molecular formula is C21H24O2. The highest BCUT2D eigenvalue weighted by atomic mass is 16.5. The summed E-state index contributed by atoms with van der Waals surface area (Å²) < 4.78 is 5.69. The minimum atomic E-state index is -0.0690. The molecule has 3 rings (SSSR count). The van der Waals surface area contributed by atoms with Crippen molar-refractivity contribution in [2.24, 2.45) is 5.92 Å². The lowest BCUT2D eigenvalue weighted by atomic mass is 9.78. The molecule has 0 fully saturated rings. The summed E-state index contributed by atoms with van der Waals surface area (Å²) in [4.78, 5) is 12.6. The molecule has 1 aliphatic rings. The van der Waals surface area contributed by atoms with Crippen LogP contribution in [0.15, 0.2) is 36.4 Å². The second-order valence-electron chi connectivity index (χ2n) is 7.44. The predicted molar refractivity (Wildman–Crippen MR) is 94.3 cm³/mol. The summed E-state index contributed by atoms with van der Waals surface area (Å²) in [5.41, 5.74) is 5.48. The lowest BCUT2D eigenvalue weighted by Crippen LogP contribution is -2.16. The number of fused-ring (bicyclic) bond motifs is 1. The number of ketones is 1. The van der Waals surface area contributed by atoms with Gasteiger partial charge in [-0.15, -0.1) is 0 Å². The molecule has 0 N–H and O–H groups in total. The van der Waals surface area contributed by atoms with E-state index in [1.54, 1.807) is 7.11 Å². The van der Waals surface area contributed by atoms with Crippen molar-refractivity contribution in [3.05, 3.63) is 53.1 Å². The van der Waals surface area contributed by atoms with Crippen LogP contribution in [-0.4, -0.2) is 12.9 Å². The van der Waals surface area contributed by atoms with Gasteiger partial charge in [0.15, 0.2) is 5.78 Å². The Morgan fingerprint density at radius 1 is 1.13 bits per heavy atom. The second-order valence-corrected chi connectivity index (χ2v) is 7.44. The highest BCUT2D eigenvalue weighted by molar-refractivity contribution is 6.05. The van der Waals surface area contributed by atoms with Gasteiger partial charge in [-0.1, -0.05) is 58.0 Å². The fourth-order valence-corrected chi connectivity index (χ4v) is 3.62. The minimum Gasteiger partial charge on any atom is -0.496 e. The molecule has 2 aromatic rings. The van der Waals surface area contributed by atoms with Crippen molar-refractivity contribution in [2.75, 3.05) is 7.11 Å². The Morgan fingerprint density at radius 2 is 1.78 bits per heavy atom. The van der Waals surface area contributed by atoms with Crippen LogP contribution in [0.3, 0.4) is 0 Å². The number of carbonyl (C=O) groups is 1. The summed E-state index contributed by atoms with van der Waals surface area (Å²) >= 11 is 0. The van der Waals surface area contributed by atoms with Gasteiger partial charge in [0.2, 0.25) is 0 Å². The smallest absolute Gasteiger partial charge is 0.166 e. The van der Waals surface area contributed by atoms with Crippen molar-refractivity contribution in [3.8, 4) is 16.9 Å². The normalized spacial score (nSPS) is 17.3. The molecule has 1 unspecified atom stereocenters. The van der Waals surface area contributed by atoms with E-state index in [-0.39, 0.29) is 17.1 Å². The van der Waals surface area contributed by atoms with Crippen molar-refractivity contribution in [1.29, 1.82) is 0 Å². The average Bonchev–Trinajstić information content (AvgIpc) is 2.80. The number of benzene rings is 2. The zero-order chi connectivity index (χ0) is 16.8. The first-order chi connectivity index (χ1) is 10.8. The molecule has 0 aliphatic heterocycles. The molecule has 23 heavy (non-hydrogen) atoms. The zero-order valence-corrected chi connectivity index (χ0v) is 14.6. The third-order valence-electron chi connectivity index (χ3n) is 4.65. The average molecular weight is 308 g/mol. The van der Waals surface area contributed by atoms with Crippen LogP contribution in [0.2, 0.25) is 0 Å². The molecular weight excluding hydrogens is 284 g/mol. The van der Waals surface area contributed by atoms with Gasteiger partial charge in [0, 0.05) is 17.0 Å². The van der Waals surface area contributed by atoms with Crippen molar-refractivity contribution >= 4 is 5.78 Å². The van der Waals surface area contributed by atoms with Crippen LogP contribution in [0.4, 0.5) is 0 Å². The Kier molecular flexibility index (Phi) is 3.79. The predicted octanol–water partition coefficient (Wildman–Crippen LogP) is 5.03. The molecule has 0 saturated carbocycles. The number of carbonyl (C=O) groups excluding carboxylic acids is 1. The highest BCUT2D eigenvalue weighted by Gasteiger charge is 2.35. The number of rotatable bonds is 2. The van der Waals surface area contributed by atoms with E-state index in [0.717, 1.165) is 23.3 Å². The lowest BCUT2D eigenvalue weighted by Gasteiger charge is -2.28. The van der Waals surface area contributed by atoms with Crippen molar-refractivity contribution < 1.29 is 9.53 Å². The Balaban J connectivity index is 2.41. The van der Waals surface area contributed by atoms with Crippen LogP contribution >= 0.6 is 0 Å². The van der Waals surface area contributed by atoms with Crippen molar-refractivity contribution in [2.45, 2.75) is 39.5 Å². The van der Waals surface area contributed by atoms with Crippen molar-refractivity contribution in [3.63, 3.8) is 0 Å². The molecule has 1 aliphatic carbocycles. The van der Waals surface area contributed by atoms with Gasteiger partial charge >= 0.3 is 0 Å². The largest absolute Gasteiger partial charge is 0.496 e. The summed E-state index contributed by atoms with van der Waals surface area (Å²) in [7, 11) is 1.69. The Morgan fingerprint density at radius 3 is 2.35 bits per heavy atom. The van der Waals surface area contributed by atoms with Crippen LogP contribution < -0.4 is 4.74 Å². The molecule has 0 heterocycles. The van der Waals surface area contributed by atoms with E-state index >= 15 is 0 Å². The van der Waals surface area contributed by atoms with Crippen LogP contribution in [0.1, 0.15) is 49.2 Å². The van der Waals surface area contributed by atoms with E-state index in [1.807, 2.05) is 31.2 Å². The lowest BCUT2D eigenvalue weighted by molar-refractivity contribution is 0.0946. The zero-order valence-electron chi connectivity index (χ0n) is 14.6. The van der Waals surface area contributed by atoms with Gasteiger partial charge in [-0.3, -0.25) is 4.79 Å². The number of hydrogen-bond acceptors (Lipinski definition) is 2. The van der Waals surface area contributed by atoms with Gasteiger partial charge in [0.05, 0.1) is 7.11 Å². The monoisotopic (exact) mass is 308 g/mol. The van der Waals surface area contributed by atoms with Gasteiger partial charge in [0.25, 0.3) is 0 Å². The van der Waals surface area contributed by atoms with E-state index in [9.17, 15) is 4.79 Å². The van der Waals surface area contributed by atoms with Gasteiger partial charge in [-0.25, -0.2) is 0 Å². The molecule has 0 aromatic heterocycles. The van der Waals surface area contributed by atoms with Gasteiger partial charge < -0.3 is 4.74 Å². The number of methoxy groups -OCH3 is 1. The van der Waals surface area contributed by atoms with Crippen LogP contribution in [0.5, 0.6) is 5.75 Å². The Bertz CT molecular complexity index is 752. The standard InChI is InChI=1S/C21H24O2/c1-13-11-15-16(20(13)22)12-17(23-5)19(21(2,3)4)18(15)14-9-7-6-8-10-14/h6-10,12-13H,11H2,1-5H3. The van der Waals surface area contributed by atoms with Crippen LogP contribution in [0, 0.1) is 5.92 Å². The summed E-state index contributed by atoms with van der Waals surface area (Å²) in [6, 6.07) is 12.3. The topological polar surface area (TPSA) is 26.3 Å². The Hall–Kier alpha value is -2.09. The SMILES string of the molecule is COc1cc2c(c(-c3ccccc3)c1C(C)(C)C)CC(C)C2=O. The van der Waals surface area contributed by atoms with Crippen molar-refractivity contribution in [1.82, 2.24) is 0 Å². The molecule has 0 radical (unpaired) electrons. The number of hydrogen-bond donors (Lipinski definition) is 0. The fraction of sp³-hybridized carbons (Fsp3) is 0.381. The first-order valence-corrected chi connectivity index (χ1v) is 8.18. The van der Waals surface area contributed by atoms with Crippen LogP contribution in [0.25, 0.3) is 11.1 Å². The molecule has 2 aromatic carbocycles. The maximum Gasteiger partial charge on any atom is 0.166 e. The molecule has 120 valence electrons. The van der Waals surface area contributed by atoms with E-state index in [0.29, 0.717) is 0 Å². The summed E-state index contributed by atoms with van der Waals surface area (Å²) in [6.07, 6.45) is 0.811. The summed E-state index contributed by atoms with van der Waals surface area (Å²) in [5.74, 6) is 1.10. The maximum atomic E-state index is 12.6. The molecule has 0 bridgehead atoms. The van der Waals surface area contributed by atoms with Gasteiger partial charge in [-0.05, 0) is 34.6 Å². The van der Waals surface area contributed by atoms with E-state index in [2.05, 4.69) is 32.9 Å². The van der Waals surface area contributed by atoms with E-state index in [1.165, 1.54) is 16.7 Å². The molecule has 1 atom stereocenters. The Labute approximate surface area is 138 Å².